The van der Waals surface area contributed by atoms with Crippen LogP contribution in [0.25, 0.3) is 0 Å². The Kier molecular flexibility index (Phi) is 4.40. The third-order valence-electron chi connectivity index (χ3n) is 3.03. The summed E-state index contributed by atoms with van der Waals surface area (Å²) in [6.07, 6.45) is 0. The molecule has 100 valence electrons. The van der Waals surface area contributed by atoms with Gasteiger partial charge < -0.3 is 10.4 Å². The van der Waals surface area contributed by atoms with E-state index in [0.717, 1.165) is 11.1 Å². The molecule has 0 saturated carbocycles. The number of aromatic hydroxyl groups is 1. The molecule has 0 bridgehead atoms. The van der Waals surface area contributed by atoms with Gasteiger partial charge in [-0.25, -0.2) is 4.39 Å². The normalized spacial score (nSPS) is 12.4. The van der Waals surface area contributed by atoms with Gasteiger partial charge in [-0.05, 0) is 30.7 Å². The summed E-state index contributed by atoms with van der Waals surface area (Å²) in [6.45, 7) is 2.49. The fraction of sp³-hybridized carbons (Fsp3) is 0.200. The van der Waals surface area contributed by atoms with Crippen molar-refractivity contribution in [3.8, 4) is 5.75 Å². The van der Waals surface area contributed by atoms with Gasteiger partial charge in [0.05, 0.1) is 5.02 Å². The van der Waals surface area contributed by atoms with Gasteiger partial charge in [-0.15, -0.1) is 0 Å². The molecule has 0 fully saturated rings. The van der Waals surface area contributed by atoms with Gasteiger partial charge in [-0.3, -0.25) is 0 Å². The Labute approximate surface area is 116 Å². The van der Waals surface area contributed by atoms with Crippen molar-refractivity contribution in [3.05, 3.63) is 64.4 Å². The van der Waals surface area contributed by atoms with Crippen LogP contribution in [0.3, 0.4) is 0 Å². The summed E-state index contributed by atoms with van der Waals surface area (Å²) < 4.78 is 13.1. The van der Waals surface area contributed by atoms with Crippen molar-refractivity contribution in [2.75, 3.05) is 0 Å². The van der Waals surface area contributed by atoms with Crippen LogP contribution in [0.5, 0.6) is 5.75 Å². The number of rotatable bonds is 4. The van der Waals surface area contributed by atoms with Crippen molar-refractivity contribution < 1.29 is 9.50 Å². The number of phenols is 1. The zero-order chi connectivity index (χ0) is 13.8. The van der Waals surface area contributed by atoms with E-state index in [9.17, 15) is 9.50 Å². The van der Waals surface area contributed by atoms with Crippen LogP contribution < -0.4 is 5.32 Å². The molecule has 1 atom stereocenters. The summed E-state index contributed by atoms with van der Waals surface area (Å²) >= 11 is 5.76. The summed E-state index contributed by atoms with van der Waals surface area (Å²) in [6, 6.07) is 11.8. The minimum atomic E-state index is -0.418. The first-order valence-corrected chi connectivity index (χ1v) is 6.41. The van der Waals surface area contributed by atoms with Crippen molar-refractivity contribution in [2.24, 2.45) is 0 Å². The second kappa shape index (κ2) is 6.04. The summed E-state index contributed by atoms with van der Waals surface area (Å²) in [7, 11) is 0. The molecule has 0 aliphatic heterocycles. The molecule has 0 aromatic heterocycles. The number of hydrogen-bond acceptors (Lipinski definition) is 2. The molecule has 1 unspecified atom stereocenters. The van der Waals surface area contributed by atoms with Crippen LogP contribution in [-0.4, -0.2) is 5.11 Å². The lowest BCUT2D eigenvalue weighted by molar-refractivity contribution is 0.460. The molecule has 0 heterocycles. The van der Waals surface area contributed by atoms with Crippen molar-refractivity contribution in [1.29, 1.82) is 0 Å². The van der Waals surface area contributed by atoms with E-state index in [0.29, 0.717) is 6.54 Å². The summed E-state index contributed by atoms with van der Waals surface area (Å²) in [4.78, 5) is 0. The highest BCUT2D eigenvalue weighted by atomic mass is 35.5. The van der Waals surface area contributed by atoms with E-state index < -0.39 is 5.82 Å². The van der Waals surface area contributed by atoms with Crippen molar-refractivity contribution >= 4 is 11.6 Å². The van der Waals surface area contributed by atoms with E-state index in [-0.39, 0.29) is 16.8 Å². The highest BCUT2D eigenvalue weighted by molar-refractivity contribution is 6.30. The Bertz CT molecular complexity index is 574. The quantitative estimate of drug-likeness (QED) is 0.885. The highest BCUT2D eigenvalue weighted by Gasteiger charge is 2.08. The number of benzene rings is 2. The third kappa shape index (κ3) is 3.46. The van der Waals surface area contributed by atoms with Gasteiger partial charge in [0.1, 0.15) is 11.6 Å². The SMILES string of the molecule is CC(NCc1ccccc1O)c1ccc(F)c(Cl)c1. The molecular formula is C15H15ClFNO. The van der Waals surface area contributed by atoms with Crippen LogP contribution >= 0.6 is 11.6 Å². The predicted octanol–water partition coefficient (Wildman–Crippen LogP) is 4.04. The van der Waals surface area contributed by atoms with E-state index in [1.54, 1.807) is 24.3 Å². The molecule has 0 amide bonds. The Hall–Kier alpha value is -1.58. The van der Waals surface area contributed by atoms with E-state index >= 15 is 0 Å². The first-order valence-electron chi connectivity index (χ1n) is 6.03. The molecule has 2 aromatic rings. The predicted molar refractivity (Wildman–Crippen MR) is 74.8 cm³/mol. The summed E-state index contributed by atoms with van der Waals surface area (Å²) in [5.74, 6) is -0.155. The second-order valence-electron chi connectivity index (χ2n) is 4.40. The largest absolute Gasteiger partial charge is 0.508 e. The van der Waals surface area contributed by atoms with Crippen molar-refractivity contribution in [3.63, 3.8) is 0 Å². The van der Waals surface area contributed by atoms with Gasteiger partial charge in [0.25, 0.3) is 0 Å². The molecule has 2 N–H and O–H groups in total. The topological polar surface area (TPSA) is 32.3 Å². The van der Waals surface area contributed by atoms with Crippen molar-refractivity contribution in [2.45, 2.75) is 19.5 Å². The fourth-order valence-corrected chi connectivity index (χ4v) is 2.01. The van der Waals surface area contributed by atoms with E-state index in [4.69, 9.17) is 11.6 Å². The Morgan fingerprint density at radius 2 is 2.00 bits per heavy atom. The third-order valence-corrected chi connectivity index (χ3v) is 3.32. The summed E-state index contributed by atoms with van der Waals surface area (Å²) in [5, 5.41) is 13.0. The summed E-state index contributed by atoms with van der Waals surface area (Å²) in [5.41, 5.74) is 1.73. The minimum Gasteiger partial charge on any atom is -0.508 e. The van der Waals surface area contributed by atoms with Crippen LogP contribution in [-0.2, 0) is 6.54 Å². The maximum Gasteiger partial charge on any atom is 0.141 e. The molecule has 0 aliphatic carbocycles. The molecule has 0 spiro atoms. The van der Waals surface area contributed by atoms with Crippen LogP contribution in [0.4, 0.5) is 4.39 Å². The van der Waals surface area contributed by atoms with Crippen LogP contribution in [0, 0.1) is 5.82 Å². The van der Waals surface area contributed by atoms with E-state index in [1.165, 1.54) is 6.07 Å². The monoisotopic (exact) mass is 279 g/mol. The first kappa shape index (κ1) is 13.8. The smallest absolute Gasteiger partial charge is 0.141 e. The Morgan fingerprint density at radius 3 is 2.68 bits per heavy atom. The molecular weight excluding hydrogens is 265 g/mol. The first-order chi connectivity index (χ1) is 9.08. The number of phenolic OH excluding ortho intramolecular Hbond substituents is 1. The molecule has 0 aliphatic rings. The molecule has 2 rings (SSSR count). The van der Waals surface area contributed by atoms with Crippen molar-refractivity contribution in [1.82, 2.24) is 5.32 Å². The molecule has 2 aromatic carbocycles. The second-order valence-corrected chi connectivity index (χ2v) is 4.81. The van der Waals surface area contributed by atoms with Gasteiger partial charge in [-0.1, -0.05) is 35.9 Å². The highest BCUT2D eigenvalue weighted by Crippen LogP contribution is 2.22. The average Bonchev–Trinajstić information content (AvgIpc) is 2.40. The molecule has 2 nitrogen and oxygen atoms in total. The molecule has 4 heteroatoms. The number of para-hydroxylation sites is 1. The van der Waals surface area contributed by atoms with Crippen LogP contribution in [0.15, 0.2) is 42.5 Å². The lowest BCUT2D eigenvalue weighted by atomic mass is 10.1. The fourth-order valence-electron chi connectivity index (χ4n) is 1.82. The number of halogens is 2. The minimum absolute atomic E-state index is 0.0118. The molecule has 19 heavy (non-hydrogen) atoms. The van der Waals surface area contributed by atoms with Gasteiger partial charge >= 0.3 is 0 Å². The van der Waals surface area contributed by atoms with Gasteiger partial charge in [0.15, 0.2) is 0 Å². The maximum atomic E-state index is 13.1. The lowest BCUT2D eigenvalue weighted by Crippen LogP contribution is -2.18. The zero-order valence-corrected chi connectivity index (χ0v) is 11.3. The number of nitrogens with one attached hydrogen (secondary N) is 1. The standard InChI is InChI=1S/C15H15ClFNO/c1-10(11-6-7-14(17)13(16)8-11)18-9-12-4-2-3-5-15(12)19/h2-8,10,18-19H,9H2,1H3. The van der Waals surface area contributed by atoms with Gasteiger partial charge in [0, 0.05) is 18.2 Å². The Balaban J connectivity index is 2.03. The van der Waals surface area contributed by atoms with E-state index in [2.05, 4.69) is 5.32 Å². The molecule has 0 saturated heterocycles. The lowest BCUT2D eigenvalue weighted by Gasteiger charge is -2.15. The van der Waals surface area contributed by atoms with Gasteiger partial charge in [0.2, 0.25) is 0 Å². The Morgan fingerprint density at radius 1 is 1.26 bits per heavy atom. The van der Waals surface area contributed by atoms with E-state index in [1.807, 2.05) is 19.1 Å². The van der Waals surface area contributed by atoms with Gasteiger partial charge in [-0.2, -0.15) is 0 Å². The zero-order valence-electron chi connectivity index (χ0n) is 10.5. The van der Waals surface area contributed by atoms with Crippen LogP contribution in [0.1, 0.15) is 24.1 Å². The van der Waals surface area contributed by atoms with Crippen LogP contribution in [0.2, 0.25) is 5.02 Å². The average molecular weight is 280 g/mol. The molecule has 0 radical (unpaired) electrons. The maximum absolute atomic E-state index is 13.1. The number of hydrogen-bond donors (Lipinski definition) is 2.